The number of aryl methyl sites for hydroxylation is 1. The average Bonchev–Trinajstić information content (AvgIpc) is 2.72. The molecule has 0 aliphatic carbocycles. The van der Waals surface area contributed by atoms with Gasteiger partial charge >= 0.3 is 0 Å². The van der Waals surface area contributed by atoms with Crippen molar-refractivity contribution in [3.05, 3.63) is 18.2 Å². The molecule has 0 aliphatic heterocycles. The molecule has 0 aromatic carbocycles. The number of ether oxygens (including phenoxy) is 1. The predicted octanol–water partition coefficient (Wildman–Crippen LogP) is 0.994. The first kappa shape index (κ1) is 15.1. The fourth-order valence-electron chi connectivity index (χ4n) is 1.97. The number of imidazole rings is 1. The molecule has 2 N–H and O–H groups in total. The molecule has 0 fully saturated rings. The molecule has 0 aliphatic rings. The Morgan fingerprint density at radius 1 is 1.56 bits per heavy atom. The summed E-state index contributed by atoms with van der Waals surface area (Å²) in [6.45, 7) is 5.59. The van der Waals surface area contributed by atoms with Gasteiger partial charge in [-0.1, -0.05) is 0 Å². The highest BCUT2D eigenvalue weighted by atomic mass is 16.5. The van der Waals surface area contributed by atoms with Gasteiger partial charge in [0.2, 0.25) is 0 Å². The first-order valence-electron chi connectivity index (χ1n) is 6.31. The summed E-state index contributed by atoms with van der Waals surface area (Å²) in [5.74, 6) is 1.05. The zero-order chi connectivity index (χ0) is 13.8. The molecule has 5 heteroatoms. The fourth-order valence-corrected chi connectivity index (χ4v) is 1.97. The van der Waals surface area contributed by atoms with E-state index in [4.69, 9.17) is 10.5 Å². The van der Waals surface area contributed by atoms with Gasteiger partial charge in [-0.05, 0) is 27.3 Å². The summed E-state index contributed by atoms with van der Waals surface area (Å²) in [5.41, 5.74) is 5.73. The second-order valence-corrected chi connectivity index (χ2v) is 5.43. The van der Waals surface area contributed by atoms with Crippen LogP contribution in [0.3, 0.4) is 0 Å². The first-order valence-corrected chi connectivity index (χ1v) is 6.31. The first-order chi connectivity index (χ1) is 8.39. The van der Waals surface area contributed by atoms with Crippen molar-refractivity contribution in [2.45, 2.75) is 38.5 Å². The number of nitrogens with zero attached hydrogens (tertiary/aromatic N) is 3. The number of methoxy groups -OCH3 is 1. The van der Waals surface area contributed by atoms with Crippen LogP contribution in [0.1, 0.15) is 26.1 Å². The van der Waals surface area contributed by atoms with Gasteiger partial charge in [0, 0.05) is 39.1 Å². The van der Waals surface area contributed by atoms with Gasteiger partial charge in [-0.3, -0.25) is 4.90 Å². The third-order valence-electron chi connectivity index (χ3n) is 3.49. The Labute approximate surface area is 110 Å². The highest BCUT2D eigenvalue weighted by Crippen LogP contribution is 2.18. The smallest absolute Gasteiger partial charge is 0.122 e. The van der Waals surface area contributed by atoms with Crippen LogP contribution in [0.15, 0.2) is 12.4 Å². The van der Waals surface area contributed by atoms with Gasteiger partial charge in [-0.25, -0.2) is 4.98 Å². The minimum atomic E-state index is -0.153. The molecule has 0 saturated carbocycles. The highest BCUT2D eigenvalue weighted by molar-refractivity contribution is 4.92. The van der Waals surface area contributed by atoms with E-state index in [1.807, 2.05) is 24.0 Å². The van der Waals surface area contributed by atoms with Gasteiger partial charge in [0.1, 0.15) is 5.82 Å². The third kappa shape index (κ3) is 4.08. The number of hydrogen-bond acceptors (Lipinski definition) is 4. The predicted molar refractivity (Wildman–Crippen MR) is 73.2 cm³/mol. The molecule has 0 amide bonds. The van der Waals surface area contributed by atoms with E-state index in [0.717, 1.165) is 18.8 Å². The summed E-state index contributed by atoms with van der Waals surface area (Å²) >= 11 is 0. The molecule has 0 saturated heterocycles. The van der Waals surface area contributed by atoms with Crippen LogP contribution in [0.25, 0.3) is 0 Å². The Morgan fingerprint density at radius 3 is 2.67 bits per heavy atom. The molecule has 1 aromatic heterocycles. The molecular weight excluding hydrogens is 228 g/mol. The van der Waals surface area contributed by atoms with Crippen LogP contribution in [-0.2, 0) is 18.3 Å². The maximum Gasteiger partial charge on any atom is 0.122 e. The Bertz CT molecular complexity index is 362. The Kier molecular flexibility index (Phi) is 5.31. The molecule has 0 spiro atoms. The molecule has 0 radical (unpaired) electrons. The van der Waals surface area contributed by atoms with Gasteiger partial charge in [0.25, 0.3) is 0 Å². The van der Waals surface area contributed by atoms with Crippen LogP contribution in [0.2, 0.25) is 0 Å². The van der Waals surface area contributed by atoms with Crippen molar-refractivity contribution in [3.63, 3.8) is 0 Å². The van der Waals surface area contributed by atoms with Crippen molar-refractivity contribution in [3.8, 4) is 0 Å². The second-order valence-electron chi connectivity index (χ2n) is 5.43. The largest absolute Gasteiger partial charge is 0.379 e. The summed E-state index contributed by atoms with van der Waals surface area (Å²) < 4.78 is 7.51. The molecule has 0 bridgehead atoms. The van der Waals surface area contributed by atoms with Crippen molar-refractivity contribution < 1.29 is 4.74 Å². The van der Waals surface area contributed by atoms with Gasteiger partial charge < -0.3 is 15.0 Å². The van der Waals surface area contributed by atoms with Crippen LogP contribution in [0, 0.1) is 0 Å². The van der Waals surface area contributed by atoms with Gasteiger partial charge in [-0.2, -0.15) is 0 Å². The number of rotatable bonds is 7. The summed E-state index contributed by atoms with van der Waals surface area (Å²) in [6.07, 6.45) is 4.68. The molecule has 18 heavy (non-hydrogen) atoms. The molecule has 1 heterocycles. The van der Waals surface area contributed by atoms with E-state index in [1.54, 1.807) is 7.11 Å². The van der Waals surface area contributed by atoms with Crippen LogP contribution in [0.5, 0.6) is 0 Å². The number of likely N-dealkylation sites (N-methyl/N-ethyl adjacent to an activating group) is 1. The molecular formula is C13H26N4O. The average molecular weight is 254 g/mol. The lowest BCUT2D eigenvalue weighted by Gasteiger charge is -2.33. The molecule has 1 rings (SSSR count). The summed E-state index contributed by atoms with van der Waals surface area (Å²) in [7, 11) is 5.83. The maximum atomic E-state index is 5.88. The van der Waals surface area contributed by atoms with Crippen LogP contribution in [0.4, 0.5) is 0 Å². The standard InChI is InChI=1S/C13H26N4O/c1-13(2,18-5)8-11(9-14)17(4)10-12-15-6-7-16(12)3/h6-7,11H,8-10,14H2,1-5H3. The Balaban J connectivity index is 2.63. The van der Waals surface area contributed by atoms with Gasteiger partial charge in [0.05, 0.1) is 12.1 Å². The van der Waals surface area contributed by atoms with Crippen molar-refractivity contribution in [2.24, 2.45) is 12.8 Å². The van der Waals surface area contributed by atoms with Crippen LogP contribution < -0.4 is 5.73 Å². The van der Waals surface area contributed by atoms with Crippen molar-refractivity contribution in [2.75, 3.05) is 20.7 Å². The number of nitrogens with two attached hydrogens (primary N) is 1. The lowest BCUT2D eigenvalue weighted by Crippen LogP contribution is -2.43. The van der Waals surface area contributed by atoms with Crippen molar-refractivity contribution >= 4 is 0 Å². The lowest BCUT2D eigenvalue weighted by atomic mass is 9.98. The van der Waals surface area contributed by atoms with Crippen LogP contribution >= 0.6 is 0 Å². The second kappa shape index (κ2) is 6.31. The minimum Gasteiger partial charge on any atom is -0.379 e. The highest BCUT2D eigenvalue weighted by Gasteiger charge is 2.25. The summed E-state index contributed by atoms with van der Waals surface area (Å²) in [4.78, 5) is 6.58. The molecule has 1 atom stereocenters. The van der Waals surface area contributed by atoms with Gasteiger partial charge in [0.15, 0.2) is 0 Å². The summed E-state index contributed by atoms with van der Waals surface area (Å²) in [6, 6.07) is 0.289. The molecule has 1 unspecified atom stereocenters. The number of hydrogen-bond donors (Lipinski definition) is 1. The minimum absolute atomic E-state index is 0.153. The van der Waals surface area contributed by atoms with Gasteiger partial charge in [-0.15, -0.1) is 0 Å². The van der Waals surface area contributed by atoms with E-state index >= 15 is 0 Å². The zero-order valence-electron chi connectivity index (χ0n) is 12.2. The third-order valence-corrected chi connectivity index (χ3v) is 3.49. The van der Waals surface area contributed by atoms with Crippen LogP contribution in [-0.4, -0.2) is 46.8 Å². The Morgan fingerprint density at radius 2 is 2.22 bits per heavy atom. The van der Waals surface area contributed by atoms with E-state index in [2.05, 4.69) is 30.8 Å². The van der Waals surface area contributed by atoms with Crippen molar-refractivity contribution in [1.82, 2.24) is 14.5 Å². The van der Waals surface area contributed by atoms with E-state index < -0.39 is 0 Å². The molecule has 5 nitrogen and oxygen atoms in total. The molecule has 1 aromatic rings. The normalized spacial score (nSPS) is 14.2. The number of aromatic nitrogens is 2. The fraction of sp³-hybridized carbons (Fsp3) is 0.769. The van der Waals surface area contributed by atoms with E-state index in [9.17, 15) is 0 Å². The van der Waals surface area contributed by atoms with E-state index in [0.29, 0.717) is 6.54 Å². The van der Waals surface area contributed by atoms with E-state index in [-0.39, 0.29) is 11.6 Å². The SMILES string of the molecule is COC(C)(C)CC(CN)N(C)Cc1nccn1C. The lowest BCUT2D eigenvalue weighted by molar-refractivity contribution is -0.00571. The Hall–Kier alpha value is -0.910. The van der Waals surface area contributed by atoms with E-state index in [1.165, 1.54) is 0 Å². The maximum absolute atomic E-state index is 5.88. The van der Waals surface area contributed by atoms with Crippen molar-refractivity contribution in [1.29, 1.82) is 0 Å². The monoisotopic (exact) mass is 254 g/mol. The quantitative estimate of drug-likeness (QED) is 0.788. The topological polar surface area (TPSA) is 56.3 Å². The zero-order valence-corrected chi connectivity index (χ0v) is 12.2. The summed E-state index contributed by atoms with van der Waals surface area (Å²) in [5, 5.41) is 0. The molecule has 104 valence electrons.